The molecule has 0 fully saturated rings. The van der Waals surface area contributed by atoms with E-state index < -0.39 is 0 Å². The van der Waals surface area contributed by atoms with Crippen molar-refractivity contribution in [3.8, 4) is 17.0 Å². The van der Waals surface area contributed by atoms with Crippen molar-refractivity contribution in [2.75, 3.05) is 11.9 Å². The zero-order chi connectivity index (χ0) is 18.4. The standard InChI is InChI=1S/C19H16Cl2N2O2S/c20-13-8-9-15(16(21)11-13)17-12-26-19(22-17)23-18(24)7-4-10-25-14-5-2-1-3-6-14/h1-3,5-6,8-9,11-12H,4,7,10H2,(H,22,23,24). The van der Waals surface area contributed by atoms with Crippen LogP contribution in [0.4, 0.5) is 5.13 Å². The topological polar surface area (TPSA) is 51.2 Å². The Hall–Kier alpha value is -2.08. The highest BCUT2D eigenvalue weighted by molar-refractivity contribution is 7.14. The fraction of sp³-hybridized carbons (Fsp3) is 0.158. The molecule has 26 heavy (non-hydrogen) atoms. The Morgan fingerprint density at radius 2 is 1.96 bits per heavy atom. The predicted octanol–water partition coefficient (Wildman–Crippen LogP) is 5.91. The number of rotatable bonds is 7. The number of para-hydroxylation sites is 1. The summed E-state index contributed by atoms with van der Waals surface area (Å²) in [6, 6.07) is 14.8. The van der Waals surface area contributed by atoms with Crippen molar-refractivity contribution >= 4 is 45.6 Å². The molecular weight excluding hydrogens is 391 g/mol. The van der Waals surface area contributed by atoms with Gasteiger partial charge in [0.2, 0.25) is 5.91 Å². The molecule has 0 aliphatic rings. The smallest absolute Gasteiger partial charge is 0.226 e. The maximum absolute atomic E-state index is 12.0. The number of aromatic nitrogens is 1. The normalized spacial score (nSPS) is 10.5. The first-order chi connectivity index (χ1) is 12.6. The molecule has 3 aromatic rings. The molecule has 134 valence electrons. The first-order valence-corrected chi connectivity index (χ1v) is 9.64. The molecule has 0 bridgehead atoms. The van der Waals surface area contributed by atoms with Crippen molar-refractivity contribution in [3.63, 3.8) is 0 Å². The lowest BCUT2D eigenvalue weighted by Crippen LogP contribution is -2.12. The van der Waals surface area contributed by atoms with Gasteiger partial charge in [-0.1, -0.05) is 41.4 Å². The molecule has 0 aliphatic carbocycles. The summed E-state index contributed by atoms with van der Waals surface area (Å²) in [7, 11) is 0. The van der Waals surface area contributed by atoms with E-state index in [4.69, 9.17) is 27.9 Å². The number of hydrogen-bond donors (Lipinski definition) is 1. The van der Waals surface area contributed by atoms with Crippen molar-refractivity contribution in [1.82, 2.24) is 4.98 Å². The summed E-state index contributed by atoms with van der Waals surface area (Å²) in [5.41, 5.74) is 1.49. The minimum Gasteiger partial charge on any atom is -0.494 e. The van der Waals surface area contributed by atoms with Gasteiger partial charge >= 0.3 is 0 Å². The number of anilines is 1. The first kappa shape index (κ1) is 18.7. The lowest BCUT2D eigenvalue weighted by atomic mass is 10.2. The summed E-state index contributed by atoms with van der Waals surface area (Å²) in [6.07, 6.45) is 0.991. The molecular formula is C19H16Cl2N2O2S. The summed E-state index contributed by atoms with van der Waals surface area (Å²) in [5, 5.41) is 6.29. The van der Waals surface area contributed by atoms with E-state index in [-0.39, 0.29) is 5.91 Å². The Kier molecular flexibility index (Phi) is 6.50. The molecule has 0 spiro atoms. The average molecular weight is 407 g/mol. The Labute approximate surface area is 165 Å². The number of hydrogen-bond acceptors (Lipinski definition) is 4. The monoisotopic (exact) mass is 406 g/mol. The molecule has 1 heterocycles. The highest BCUT2D eigenvalue weighted by Gasteiger charge is 2.11. The van der Waals surface area contributed by atoms with Gasteiger partial charge in [-0.25, -0.2) is 4.98 Å². The third-order valence-corrected chi connectivity index (χ3v) is 4.82. The quantitative estimate of drug-likeness (QED) is 0.495. The summed E-state index contributed by atoms with van der Waals surface area (Å²) in [6.45, 7) is 0.487. The van der Waals surface area contributed by atoms with Gasteiger partial charge in [-0.15, -0.1) is 11.3 Å². The summed E-state index contributed by atoms with van der Waals surface area (Å²) in [4.78, 5) is 16.5. The molecule has 0 aliphatic heterocycles. The van der Waals surface area contributed by atoms with Crippen LogP contribution in [0.2, 0.25) is 10.0 Å². The molecule has 0 saturated heterocycles. The zero-order valence-electron chi connectivity index (χ0n) is 13.7. The predicted molar refractivity (Wildman–Crippen MR) is 107 cm³/mol. The van der Waals surface area contributed by atoms with Crippen molar-refractivity contribution < 1.29 is 9.53 Å². The third kappa shape index (κ3) is 5.21. The zero-order valence-corrected chi connectivity index (χ0v) is 16.1. The molecule has 0 unspecified atom stereocenters. The number of carbonyl (C=O) groups excluding carboxylic acids is 1. The Morgan fingerprint density at radius 3 is 2.73 bits per heavy atom. The van der Waals surface area contributed by atoms with E-state index in [0.717, 1.165) is 11.3 Å². The van der Waals surface area contributed by atoms with E-state index in [9.17, 15) is 4.79 Å². The van der Waals surface area contributed by atoms with E-state index in [2.05, 4.69) is 10.3 Å². The van der Waals surface area contributed by atoms with Crippen LogP contribution >= 0.6 is 34.5 Å². The SMILES string of the molecule is O=C(CCCOc1ccccc1)Nc1nc(-c2ccc(Cl)cc2Cl)cs1. The number of amides is 1. The molecule has 1 amide bonds. The molecule has 2 aromatic carbocycles. The van der Waals surface area contributed by atoms with Gasteiger partial charge in [0.25, 0.3) is 0 Å². The van der Waals surface area contributed by atoms with Crippen molar-refractivity contribution in [1.29, 1.82) is 0 Å². The van der Waals surface area contributed by atoms with E-state index in [1.807, 2.05) is 41.8 Å². The van der Waals surface area contributed by atoms with Crippen LogP contribution in [0.3, 0.4) is 0 Å². The van der Waals surface area contributed by atoms with Crippen LogP contribution in [0.5, 0.6) is 5.75 Å². The van der Waals surface area contributed by atoms with E-state index >= 15 is 0 Å². The second-order valence-corrected chi connectivity index (χ2v) is 7.18. The fourth-order valence-corrected chi connectivity index (χ4v) is 3.51. The highest BCUT2D eigenvalue weighted by Crippen LogP contribution is 2.32. The van der Waals surface area contributed by atoms with Crippen LogP contribution in [-0.4, -0.2) is 17.5 Å². The molecule has 4 nitrogen and oxygen atoms in total. The van der Waals surface area contributed by atoms with Gasteiger partial charge in [-0.2, -0.15) is 0 Å². The van der Waals surface area contributed by atoms with Gasteiger partial charge in [0.1, 0.15) is 5.75 Å². The second-order valence-electron chi connectivity index (χ2n) is 5.48. The van der Waals surface area contributed by atoms with Crippen molar-refractivity contribution in [2.45, 2.75) is 12.8 Å². The minimum atomic E-state index is -0.0928. The molecule has 1 N–H and O–H groups in total. The fourth-order valence-electron chi connectivity index (χ4n) is 2.27. The van der Waals surface area contributed by atoms with Crippen LogP contribution in [0, 0.1) is 0 Å². The maximum Gasteiger partial charge on any atom is 0.226 e. The average Bonchev–Trinajstić information content (AvgIpc) is 3.07. The number of ether oxygens (including phenoxy) is 1. The van der Waals surface area contributed by atoms with Crippen LogP contribution < -0.4 is 10.1 Å². The third-order valence-electron chi connectivity index (χ3n) is 3.52. The summed E-state index contributed by atoms with van der Waals surface area (Å²) < 4.78 is 5.57. The molecule has 0 atom stereocenters. The van der Waals surface area contributed by atoms with Gasteiger partial charge in [-0.3, -0.25) is 4.79 Å². The highest BCUT2D eigenvalue weighted by atomic mass is 35.5. The molecule has 1 aromatic heterocycles. The number of nitrogens with zero attached hydrogens (tertiary/aromatic N) is 1. The number of carbonyl (C=O) groups is 1. The Morgan fingerprint density at radius 1 is 1.15 bits per heavy atom. The van der Waals surface area contributed by atoms with Gasteiger partial charge in [0.05, 0.1) is 17.3 Å². The second kappa shape index (κ2) is 9.03. The van der Waals surface area contributed by atoms with Crippen LogP contribution in [0.1, 0.15) is 12.8 Å². The van der Waals surface area contributed by atoms with Gasteiger partial charge < -0.3 is 10.1 Å². The van der Waals surface area contributed by atoms with E-state index in [1.54, 1.807) is 12.1 Å². The maximum atomic E-state index is 12.0. The van der Waals surface area contributed by atoms with Crippen LogP contribution in [0.25, 0.3) is 11.3 Å². The van der Waals surface area contributed by atoms with Crippen molar-refractivity contribution in [3.05, 3.63) is 64.0 Å². The molecule has 0 saturated carbocycles. The van der Waals surface area contributed by atoms with Gasteiger partial charge in [0.15, 0.2) is 5.13 Å². The lowest BCUT2D eigenvalue weighted by molar-refractivity contribution is -0.116. The number of nitrogens with one attached hydrogen (secondary N) is 1. The van der Waals surface area contributed by atoms with Crippen LogP contribution in [0.15, 0.2) is 53.9 Å². The minimum absolute atomic E-state index is 0.0928. The molecule has 0 radical (unpaired) electrons. The number of halogens is 2. The molecule has 7 heteroatoms. The van der Waals surface area contributed by atoms with Crippen LogP contribution in [-0.2, 0) is 4.79 Å². The Balaban J connectivity index is 1.48. The first-order valence-electron chi connectivity index (χ1n) is 8.00. The molecule has 3 rings (SSSR count). The number of thiazole rings is 1. The Bertz CT molecular complexity index is 884. The van der Waals surface area contributed by atoms with E-state index in [0.29, 0.717) is 40.3 Å². The largest absolute Gasteiger partial charge is 0.494 e. The van der Waals surface area contributed by atoms with Gasteiger partial charge in [0, 0.05) is 22.4 Å². The summed E-state index contributed by atoms with van der Waals surface area (Å²) in [5.74, 6) is 0.710. The summed E-state index contributed by atoms with van der Waals surface area (Å²) >= 11 is 13.5. The lowest BCUT2D eigenvalue weighted by Gasteiger charge is -2.05. The van der Waals surface area contributed by atoms with E-state index in [1.165, 1.54) is 11.3 Å². The van der Waals surface area contributed by atoms with Crippen molar-refractivity contribution in [2.24, 2.45) is 0 Å². The number of benzene rings is 2. The van der Waals surface area contributed by atoms with Gasteiger partial charge in [-0.05, 0) is 36.8 Å².